The van der Waals surface area contributed by atoms with Crippen molar-refractivity contribution in [3.05, 3.63) is 0 Å². The Hall–Kier alpha value is -0.330. The van der Waals surface area contributed by atoms with Crippen molar-refractivity contribution in [1.29, 1.82) is 0 Å². The maximum Gasteiger partial charge on any atom is 0.0276 e. The molecular weight excluding hydrogens is 278 g/mol. The monoisotopic (exact) mass is 315 g/mol. The number of aliphatic imine (C=N–C) groups is 1. The molecule has 4 aliphatic carbocycles. The largest absolute Gasteiger partial charge is 0.297 e. The minimum atomic E-state index is 0.558. The molecule has 23 heavy (non-hydrogen) atoms. The van der Waals surface area contributed by atoms with E-state index in [0.29, 0.717) is 10.8 Å². The fraction of sp³-hybridized carbons (Fsp3) is 0.955. The quantitative estimate of drug-likeness (QED) is 0.516. The number of nitrogens with zero attached hydrogens (tertiary/aromatic N) is 1. The second kappa shape index (κ2) is 5.60. The van der Waals surface area contributed by atoms with Crippen molar-refractivity contribution >= 4 is 5.71 Å². The van der Waals surface area contributed by atoms with Crippen LogP contribution in [0.1, 0.15) is 85.0 Å². The smallest absolute Gasteiger partial charge is 0.0276 e. The van der Waals surface area contributed by atoms with E-state index in [9.17, 15) is 0 Å². The summed E-state index contributed by atoms with van der Waals surface area (Å²) in [6.07, 6.45) is 15.0. The summed E-state index contributed by atoms with van der Waals surface area (Å²) in [6.45, 7) is 7.63. The third-order valence-electron chi connectivity index (χ3n) is 9.44. The molecule has 0 spiro atoms. The van der Waals surface area contributed by atoms with Gasteiger partial charge in [0.15, 0.2) is 0 Å². The summed E-state index contributed by atoms with van der Waals surface area (Å²) in [4.78, 5) is 4.61. The number of fused-ring (bicyclic) bond motifs is 5. The van der Waals surface area contributed by atoms with Crippen molar-refractivity contribution in [3.63, 3.8) is 0 Å². The van der Waals surface area contributed by atoms with Crippen molar-refractivity contribution < 1.29 is 0 Å². The minimum Gasteiger partial charge on any atom is -0.297 e. The van der Waals surface area contributed by atoms with Crippen LogP contribution >= 0.6 is 0 Å². The highest BCUT2D eigenvalue weighted by Crippen LogP contribution is 2.67. The summed E-state index contributed by atoms with van der Waals surface area (Å²) in [5, 5.41) is 0. The fourth-order valence-electron chi connectivity index (χ4n) is 8.14. The molecule has 0 heterocycles. The lowest BCUT2D eigenvalue weighted by Gasteiger charge is -2.60. The molecule has 1 nitrogen and oxygen atoms in total. The molecule has 0 bridgehead atoms. The van der Waals surface area contributed by atoms with E-state index in [-0.39, 0.29) is 0 Å². The first-order chi connectivity index (χ1) is 11.0. The molecule has 0 saturated heterocycles. The Morgan fingerprint density at radius 2 is 1.61 bits per heavy atom. The Balaban J connectivity index is 1.62. The molecule has 0 amide bonds. The Kier molecular flexibility index (Phi) is 3.93. The van der Waals surface area contributed by atoms with E-state index in [4.69, 9.17) is 0 Å². The molecule has 0 radical (unpaired) electrons. The Morgan fingerprint density at radius 3 is 2.39 bits per heavy atom. The van der Waals surface area contributed by atoms with Gasteiger partial charge in [-0.05, 0) is 92.8 Å². The van der Waals surface area contributed by atoms with Crippen LogP contribution in [0, 0.1) is 40.4 Å². The predicted octanol–water partition coefficient (Wildman–Crippen LogP) is 6.13. The van der Waals surface area contributed by atoms with Gasteiger partial charge in [0.2, 0.25) is 0 Å². The van der Waals surface area contributed by atoms with E-state index in [1.54, 1.807) is 6.42 Å². The highest BCUT2D eigenvalue weighted by Gasteiger charge is 2.59. The van der Waals surface area contributed by atoms with Gasteiger partial charge in [-0.15, -0.1) is 0 Å². The van der Waals surface area contributed by atoms with E-state index < -0.39 is 0 Å². The highest BCUT2D eigenvalue weighted by molar-refractivity contribution is 5.85. The van der Waals surface area contributed by atoms with E-state index in [1.165, 1.54) is 63.5 Å². The van der Waals surface area contributed by atoms with Crippen molar-refractivity contribution in [1.82, 2.24) is 0 Å². The zero-order valence-electron chi connectivity index (χ0n) is 15.9. The standard InChI is InChI=1S/C22H37N/c1-15(23-4)18-10-11-19-17-9-8-16-7-5-6-13-21(16,2)20(17)12-14-22(18,19)3/h16-20H,5-14H2,1-4H3/b23-15+/t16-,17?,18-,19?,20?,21+,22-/m1/s1. The molecule has 0 aromatic carbocycles. The first kappa shape index (κ1) is 16.2. The number of rotatable bonds is 1. The average molecular weight is 316 g/mol. The van der Waals surface area contributed by atoms with Crippen LogP contribution < -0.4 is 0 Å². The first-order valence-corrected chi connectivity index (χ1v) is 10.4. The van der Waals surface area contributed by atoms with Crippen LogP contribution in [0.4, 0.5) is 0 Å². The summed E-state index contributed by atoms with van der Waals surface area (Å²) in [5.74, 6) is 4.89. The lowest BCUT2D eigenvalue weighted by molar-refractivity contribution is -0.106. The Labute approximate surface area is 143 Å². The van der Waals surface area contributed by atoms with Gasteiger partial charge in [0.1, 0.15) is 0 Å². The van der Waals surface area contributed by atoms with Gasteiger partial charge in [0, 0.05) is 18.7 Å². The van der Waals surface area contributed by atoms with Gasteiger partial charge in [-0.3, -0.25) is 4.99 Å². The Morgan fingerprint density at radius 1 is 0.826 bits per heavy atom. The lowest BCUT2D eigenvalue weighted by atomic mass is 9.45. The lowest BCUT2D eigenvalue weighted by Crippen LogP contribution is -2.53. The topological polar surface area (TPSA) is 12.4 Å². The predicted molar refractivity (Wildman–Crippen MR) is 98.9 cm³/mol. The van der Waals surface area contributed by atoms with Gasteiger partial charge in [0.25, 0.3) is 0 Å². The average Bonchev–Trinajstić information content (AvgIpc) is 2.91. The zero-order valence-corrected chi connectivity index (χ0v) is 15.9. The van der Waals surface area contributed by atoms with Crippen molar-refractivity contribution in [3.8, 4) is 0 Å². The molecule has 4 aliphatic rings. The number of hydrogen-bond acceptors (Lipinski definition) is 1. The van der Waals surface area contributed by atoms with Gasteiger partial charge < -0.3 is 0 Å². The van der Waals surface area contributed by atoms with E-state index in [1.807, 2.05) is 7.05 Å². The molecule has 4 saturated carbocycles. The van der Waals surface area contributed by atoms with Crippen LogP contribution in [0.5, 0.6) is 0 Å². The molecule has 7 atom stereocenters. The summed E-state index contributed by atoms with van der Waals surface area (Å²) in [7, 11) is 2.01. The summed E-state index contributed by atoms with van der Waals surface area (Å²) >= 11 is 0. The Bertz CT molecular complexity index is 494. The molecular formula is C22H37N. The maximum absolute atomic E-state index is 4.61. The van der Waals surface area contributed by atoms with Crippen molar-refractivity contribution in [2.45, 2.75) is 85.0 Å². The fourth-order valence-corrected chi connectivity index (χ4v) is 8.14. The summed E-state index contributed by atoms with van der Waals surface area (Å²) < 4.78 is 0. The van der Waals surface area contributed by atoms with E-state index in [0.717, 1.165) is 29.6 Å². The molecule has 0 aliphatic heterocycles. The second-order valence-corrected chi connectivity index (χ2v) is 9.94. The van der Waals surface area contributed by atoms with Crippen molar-refractivity contribution in [2.75, 3.05) is 7.05 Å². The third-order valence-corrected chi connectivity index (χ3v) is 9.44. The SMILES string of the molecule is C/N=C(\C)[C@H]1CCC2C3CC[C@H]4CCCC[C@]4(C)C3CC[C@@]21C. The van der Waals surface area contributed by atoms with Crippen LogP contribution in [0.25, 0.3) is 0 Å². The van der Waals surface area contributed by atoms with Crippen LogP contribution in [0.15, 0.2) is 4.99 Å². The summed E-state index contributed by atoms with van der Waals surface area (Å²) in [6, 6.07) is 0. The molecule has 130 valence electrons. The second-order valence-electron chi connectivity index (χ2n) is 9.94. The zero-order chi connectivity index (χ0) is 16.2. The summed E-state index contributed by atoms with van der Waals surface area (Å²) in [5.41, 5.74) is 2.68. The highest BCUT2D eigenvalue weighted by atomic mass is 14.7. The minimum absolute atomic E-state index is 0.558. The molecule has 0 N–H and O–H groups in total. The van der Waals surface area contributed by atoms with Gasteiger partial charge in [-0.2, -0.15) is 0 Å². The van der Waals surface area contributed by atoms with E-state index in [2.05, 4.69) is 25.8 Å². The first-order valence-electron chi connectivity index (χ1n) is 10.4. The third kappa shape index (κ3) is 2.20. The van der Waals surface area contributed by atoms with E-state index >= 15 is 0 Å². The van der Waals surface area contributed by atoms with Gasteiger partial charge in [-0.25, -0.2) is 0 Å². The van der Waals surface area contributed by atoms with Gasteiger partial charge in [0.05, 0.1) is 0 Å². The molecule has 1 heteroatoms. The molecule has 0 aromatic heterocycles. The molecule has 3 unspecified atom stereocenters. The van der Waals surface area contributed by atoms with Gasteiger partial charge in [-0.1, -0.05) is 26.7 Å². The normalized spacial score (nSPS) is 53.4. The maximum atomic E-state index is 4.61. The van der Waals surface area contributed by atoms with Crippen LogP contribution in [-0.4, -0.2) is 12.8 Å². The van der Waals surface area contributed by atoms with Crippen LogP contribution in [0.3, 0.4) is 0 Å². The van der Waals surface area contributed by atoms with Gasteiger partial charge >= 0.3 is 0 Å². The molecule has 4 rings (SSSR count). The van der Waals surface area contributed by atoms with Crippen LogP contribution in [-0.2, 0) is 0 Å². The van der Waals surface area contributed by atoms with Crippen LogP contribution in [0.2, 0.25) is 0 Å². The molecule has 0 aromatic rings. The molecule has 4 fully saturated rings. The number of hydrogen-bond donors (Lipinski definition) is 0. The van der Waals surface area contributed by atoms with Crippen molar-refractivity contribution in [2.24, 2.45) is 45.4 Å².